The Balaban J connectivity index is 1.99. The number of benzene rings is 1. The number of halogens is 1. The lowest BCUT2D eigenvalue weighted by Gasteiger charge is -2.38. The first kappa shape index (κ1) is 11.6. The van der Waals surface area contributed by atoms with Crippen molar-refractivity contribution in [2.45, 2.75) is 16.6 Å². The van der Waals surface area contributed by atoms with E-state index in [0.717, 1.165) is 30.0 Å². The second-order valence-corrected chi connectivity index (χ2v) is 6.54. The highest BCUT2D eigenvalue weighted by Crippen LogP contribution is 2.42. The third kappa shape index (κ3) is 2.01. The van der Waals surface area contributed by atoms with E-state index in [9.17, 15) is 4.79 Å². The van der Waals surface area contributed by atoms with Crippen molar-refractivity contribution in [3.8, 4) is 0 Å². The Morgan fingerprint density at radius 3 is 3.12 bits per heavy atom. The van der Waals surface area contributed by atoms with Gasteiger partial charge in [-0.2, -0.15) is 0 Å². The van der Waals surface area contributed by atoms with Crippen molar-refractivity contribution in [1.82, 2.24) is 4.90 Å². The third-order valence-corrected chi connectivity index (χ3v) is 5.21. The van der Waals surface area contributed by atoms with Gasteiger partial charge in [-0.25, -0.2) is 0 Å². The van der Waals surface area contributed by atoms with E-state index < -0.39 is 0 Å². The van der Waals surface area contributed by atoms with Crippen LogP contribution >= 0.6 is 23.4 Å². The van der Waals surface area contributed by atoms with Crippen molar-refractivity contribution >= 4 is 29.1 Å². The van der Waals surface area contributed by atoms with Gasteiger partial charge in [-0.3, -0.25) is 4.79 Å². The Morgan fingerprint density at radius 1 is 1.47 bits per heavy atom. The molecule has 0 saturated carbocycles. The van der Waals surface area contributed by atoms with Crippen LogP contribution in [0.4, 0.5) is 0 Å². The van der Waals surface area contributed by atoms with Gasteiger partial charge in [-0.05, 0) is 38.2 Å². The maximum atomic E-state index is 12.4. The molecule has 17 heavy (non-hydrogen) atoms. The van der Waals surface area contributed by atoms with Crippen LogP contribution in [0, 0.1) is 5.92 Å². The first-order valence-electron chi connectivity index (χ1n) is 5.84. The van der Waals surface area contributed by atoms with Gasteiger partial charge in [0, 0.05) is 33.2 Å². The SMILES string of the molecule is CN1CC[C@H]2C(=O)c3cc(Cl)ccc3S[C@@H]2C1. The predicted molar refractivity (Wildman–Crippen MR) is 71.0 cm³/mol. The molecule has 1 saturated heterocycles. The molecule has 1 fully saturated rings. The molecule has 0 aliphatic carbocycles. The van der Waals surface area contributed by atoms with Gasteiger partial charge in [0.2, 0.25) is 0 Å². The van der Waals surface area contributed by atoms with E-state index in [1.807, 2.05) is 30.0 Å². The van der Waals surface area contributed by atoms with Gasteiger partial charge in [0.1, 0.15) is 0 Å². The van der Waals surface area contributed by atoms with Crippen LogP contribution in [0.2, 0.25) is 5.02 Å². The molecule has 4 heteroatoms. The summed E-state index contributed by atoms with van der Waals surface area (Å²) in [6.07, 6.45) is 0.971. The minimum absolute atomic E-state index is 0.183. The molecule has 2 aliphatic heterocycles. The fourth-order valence-electron chi connectivity index (χ4n) is 2.65. The molecule has 0 bridgehead atoms. The van der Waals surface area contributed by atoms with Crippen molar-refractivity contribution in [2.24, 2.45) is 5.92 Å². The van der Waals surface area contributed by atoms with Crippen molar-refractivity contribution in [3.63, 3.8) is 0 Å². The fraction of sp³-hybridized carbons (Fsp3) is 0.462. The van der Waals surface area contributed by atoms with E-state index >= 15 is 0 Å². The Morgan fingerprint density at radius 2 is 2.29 bits per heavy atom. The number of Topliss-reactive ketones (excluding diaryl/α,β-unsaturated/α-hetero) is 1. The summed E-state index contributed by atoms with van der Waals surface area (Å²) in [5, 5.41) is 1.07. The van der Waals surface area contributed by atoms with Gasteiger partial charge in [-0.15, -0.1) is 11.8 Å². The number of carbonyl (C=O) groups excluding carboxylic acids is 1. The summed E-state index contributed by atoms with van der Waals surface area (Å²) >= 11 is 7.81. The topological polar surface area (TPSA) is 20.3 Å². The molecule has 1 aromatic rings. The van der Waals surface area contributed by atoms with E-state index in [4.69, 9.17) is 11.6 Å². The van der Waals surface area contributed by atoms with E-state index in [2.05, 4.69) is 11.9 Å². The Hall–Kier alpha value is -0.510. The smallest absolute Gasteiger partial charge is 0.168 e. The lowest BCUT2D eigenvalue weighted by atomic mass is 9.88. The normalized spacial score (nSPS) is 28.7. The number of thioether (sulfide) groups is 1. The number of rotatable bonds is 0. The van der Waals surface area contributed by atoms with Gasteiger partial charge < -0.3 is 4.90 Å². The molecule has 3 rings (SSSR count). The number of nitrogens with zero attached hydrogens (tertiary/aromatic N) is 1. The number of likely N-dealkylation sites (tertiary alicyclic amines) is 1. The van der Waals surface area contributed by atoms with Crippen LogP contribution in [0.15, 0.2) is 23.1 Å². The van der Waals surface area contributed by atoms with Crippen molar-refractivity contribution < 1.29 is 4.79 Å². The van der Waals surface area contributed by atoms with Crippen LogP contribution in [0.5, 0.6) is 0 Å². The van der Waals surface area contributed by atoms with Gasteiger partial charge >= 0.3 is 0 Å². The molecule has 2 nitrogen and oxygen atoms in total. The second kappa shape index (κ2) is 4.30. The number of hydrogen-bond acceptors (Lipinski definition) is 3. The molecule has 1 aromatic carbocycles. The highest BCUT2D eigenvalue weighted by atomic mass is 35.5. The van der Waals surface area contributed by atoms with Crippen molar-refractivity contribution in [3.05, 3.63) is 28.8 Å². The number of fused-ring (bicyclic) bond motifs is 2. The summed E-state index contributed by atoms with van der Waals surface area (Å²) < 4.78 is 0. The van der Waals surface area contributed by atoms with E-state index in [0.29, 0.717) is 16.1 Å². The summed E-state index contributed by atoms with van der Waals surface area (Å²) in [6.45, 7) is 2.02. The van der Waals surface area contributed by atoms with E-state index in [-0.39, 0.29) is 5.92 Å². The summed E-state index contributed by atoms with van der Waals surface area (Å²) in [5.41, 5.74) is 0.827. The zero-order valence-electron chi connectivity index (χ0n) is 9.65. The first-order valence-corrected chi connectivity index (χ1v) is 7.10. The van der Waals surface area contributed by atoms with Gasteiger partial charge in [0.25, 0.3) is 0 Å². The number of hydrogen-bond donors (Lipinski definition) is 0. The minimum Gasteiger partial charge on any atom is -0.305 e. The summed E-state index contributed by atoms with van der Waals surface area (Å²) in [6, 6.07) is 5.67. The molecule has 0 N–H and O–H groups in total. The van der Waals surface area contributed by atoms with Crippen LogP contribution in [0.3, 0.4) is 0 Å². The van der Waals surface area contributed by atoms with Crippen LogP contribution in [-0.4, -0.2) is 36.1 Å². The molecule has 0 unspecified atom stereocenters. The van der Waals surface area contributed by atoms with Crippen molar-refractivity contribution in [2.75, 3.05) is 20.1 Å². The molecular formula is C13H14ClNOS. The fourth-order valence-corrected chi connectivity index (χ4v) is 4.34. The lowest BCUT2D eigenvalue weighted by molar-refractivity contribution is 0.0856. The van der Waals surface area contributed by atoms with Crippen LogP contribution in [0.1, 0.15) is 16.8 Å². The zero-order valence-corrected chi connectivity index (χ0v) is 11.2. The summed E-state index contributed by atoms with van der Waals surface area (Å²) in [5.74, 6) is 0.474. The maximum absolute atomic E-state index is 12.4. The number of piperidine rings is 1. The van der Waals surface area contributed by atoms with Crippen molar-refractivity contribution in [1.29, 1.82) is 0 Å². The number of ketones is 1. The highest BCUT2D eigenvalue weighted by molar-refractivity contribution is 8.00. The average molecular weight is 268 g/mol. The molecule has 0 radical (unpaired) electrons. The minimum atomic E-state index is 0.183. The average Bonchev–Trinajstić information content (AvgIpc) is 2.30. The maximum Gasteiger partial charge on any atom is 0.168 e. The molecule has 0 amide bonds. The predicted octanol–water partition coefficient (Wildman–Crippen LogP) is 2.95. The lowest BCUT2D eigenvalue weighted by Crippen LogP contribution is -2.45. The standard InChI is InChI=1S/C13H14ClNOS/c1-15-5-4-9-12(7-15)17-11-3-2-8(14)6-10(11)13(9)16/h2-3,6,9,12H,4-5,7H2,1H3/t9-,12-/m1/s1. The molecule has 0 aromatic heterocycles. The first-order chi connectivity index (χ1) is 8.15. The second-order valence-electron chi connectivity index (χ2n) is 4.82. The highest BCUT2D eigenvalue weighted by Gasteiger charge is 2.38. The molecule has 2 atom stereocenters. The van der Waals surface area contributed by atoms with E-state index in [1.165, 1.54) is 0 Å². The summed E-state index contributed by atoms with van der Waals surface area (Å²) in [7, 11) is 2.12. The molecule has 90 valence electrons. The molecule has 0 spiro atoms. The molecule has 2 aliphatic rings. The third-order valence-electron chi connectivity index (χ3n) is 3.58. The van der Waals surface area contributed by atoms with Crippen LogP contribution < -0.4 is 0 Å². The summed E-state index contributed by atoms with van der Waals surface area (Å²) in [4.78, 5) is 15.8. The molecular weight excluding hydrogens is 254 g/mol. The van der Waals surface area contributed by atoms with E-state index in [1.54, 1.807) is 0 Å². The van der Waals surface area contributed by atoms with Crippen LogP contribution in [0.25, 0.3) is 0 Å². The van der Waals surface area contributed by atoms with Gasteiger partial charge in [0.05, 0.1) is 0 Å². The Kier molecular flexibility index (Phi) is 2.93. The van der Waals surface area contributed by atoms with Gasteiger partial charge in [0.15, 0.2) is 5.78 Å². The Bertz CT molecular complexity index is 476. The number of carbonyl (C=O) groups is 1. The zero-order chi connectivity index (χ0) is 12.0. The monoisotopic (exact) mass is 267 g/mol. The largest absolute Gasteiger partial charge is 0.305 e. The molecule has 2 heterocycles. The van der Waals surface area contributed by atoms with Gasteiger partial charge in [-0.1, -0.05) is 11.6 Å². The van der Waals surface area contributed by atoms with Crippen LogP contribution in [-0.2, 0) is 0 Å². The quantitative estimate of drug-likeness (QED) is 0.721. The Labute approximate surface area is 110 Å².